The number of nitrogens with one attached hydrogen (secondary N) is 2. The van der Waals surface area contributed by atoms with Gasteiger partial charge in [0, 0.05) is 0 Å². The summed E-state index contributed by atoms with van der Waals surface area (Å²) in [5.41, 5.74) is 0.686. The fraction of sp³-hybridized carbons (Fsp3) is 0.278. The van der Waals surface area contributed by atoms with Crippen LogP contribution in [0.5, 0.6) is 0 Å². The number of amides is 1. The molecule has 0 bridgehead atoms. The van der Waals surface area contributed by atoms with Gasteiger partial charge in [-0.15, -0.1) is 0 Å². The molecule has 5 heteroatoms. The van der Waals surface area contributed by atoms with E-state index in [1.165, 1.54) is 6.33 Å². The van der Waals surface area contributed by atoms with Crippen LogP contribution >= 0.6 is 0 Å². The van der Waals surface area contributed by atoms with Gasteiger partial charge in [-0.3, -0.25) is 9.89 Å². The lowest BCUT2D eigenvalue weighted by Gasteiger charge is -2.40. The maximum absolute atomic E-state index is 12.6. The Morgan fingerprint density at radius 3 is 2.74 bits per heavy atom. The molecule has 4 rings (SSSR count). The average Bonchev–Trinajstić information content (AvgIpc) is 3.06. The second-order valence-electron chi connectivity index (χ2n) is 6.13. The summed E-state index contributed by atoms with van der Waals surface area (Å²) in [6.45, 7) is 0. The van der Waals surface area contributed by atoms with E-state index in [1.807, 2.05) is 24.3 Å². The van der Waals surface area contributed by atoms with Crippen LogP contribution in [0, 0.1) is 0 Å². The molecule has 1 heterocycles. The molecule has 1 amide bonds. The molecule has 1 aliphatic carbocycles. The highest BCUT2D eigenvalue weighted by atomic mass is 16.1. The molecule has 1 saturated carbocycles. The van der Waals surface area contributed by atoms with Gasteiger partial charge in [0.15, 0.2) is 0 Å². The number of nitrogens with zero attached hydrogens (tertiary/aromatic N) is 2. The Labute approximate surface area is 134 Å². The van der Waals surface area contributed by atoms with Gasteiger partial charge in [-0.05, 0) is 35.6 Å². The van der Waals surface area contributed by atoms with E-state index in [0.717, 1.165) is 41.4 Å². The minimum atomic E-state index is -0.363. The molecular weight excluding hydrogens is 288 g/mol. The summed E-state index contributed by atoms with van der Waals surface area (Å²) in [4.78, 5) is 16.8. The smallest absolute Gasteiger partial charge is 0.225 e. The molecule has 1 aliphatic rings. The maximum atomic E-state index is 12.6. The SMILES string of the molecule is O=C(Cc1cccc2ccccc12)NC1(c2ncn[nH]2)CCC1. The fourth-order valence-corrected chi connectivity index (χ4v) is 3.32. The van der Waals surface area contributed by atoms with Crippen LogP contribution in [-0.4, -0.2) is 21.1 Å². The minimum absolute atomic E-state index is 0.0254. The molecule has 1 fully saturated rings. The molecule has 1 aromatic heterocycles. The number of hydrogen-bond acceptors (Lipinski definition) is 3. The van der Waals surface area contributed by atoms with Crippen LogP contribution in [0.15, 0.2) is 48.8 Å². The van der Waals surface area contributed by atoms with Crippen molar-refractivity contribution < 1.29 is 4.79 Å². The van der Waals surface area contributed by atoms with Gasteiger partial charge in [-0.1, -0.05) is 42.5 Å². The molecule has 0 spiro atoms. The van der Waals surface area contributed by atoms with Crippen molar-refractivity contribution in [3.63, 3.8) is 0 Å². The Morgan fingerprint density at radius 1 is 1.17 bits per heavy atom. The second-order valence-corrected chi connectivity index (χ2v) is 6.13. The van der Waals surface area contributed by atoms with E-state index in [1.54, 1.807) is 0 Å². The standard InChI is InChI=1S/C18H18N4O/c23-16(21-18(9-4-10-18)17-19-12-20-22-17)11-14-7-3-6-13-5-1-2-8-15(13)14/h1-3,5-8,12H,4,9-11H2,(H,21,23)(H,19,20,22). The first-order valence-corrected chi connectivity index (χ1v) is 7.90. The zero-order chi connectivity index (χ0) is 15.7. The Balaban J connectivity index is 1.56. The molecule has 0 atom stereocenters. The molecule has 116 valence electrons. The van der Waals surface area contributed by atoms with Gasteiger partial charge in [0.2, 0.25) is 5.91 Å². The number of carbonyl (C=O) groups excluding carboxylic acids is 1. The monoisotopic (exact) mass is 306 g/mol. The predicted octanol–water partition coefficient (Wildman–Crippen LogP) is 2.70. The quantitative estimate of drug-likeness (QED) is 0.778. The summed E-state index contributed by atoms with van der Waals surface area (Å²) in [5, 5.41) is 12.3. The molecule has 23 heavy (non-hydrogen) atoms. The first kappa shape index (κ1) is 13.9. The number of aromatic nitrogens is 3. The Morgan fingerprint density at radius 2 is 2.00 bits per heavy atom. The Hall–Kier alpha value is -2.69. The summed E-state index contributed by atoms with van der Waals surface area (Å²) >= 11 is 0. The van der Waals surface area contributed by atoms with Crippen LogP contribution in [-0.2, 0) is 16.8 Å². The largest absolute Gasteiger partial charge is 0.343 e. The lowest BCUT2D eigenvalue weighted by Crippen LogP contribution is -2.52. The van der Waals surface area contributed by atoms with E-state index >= 15 is 0 Å². The highest BCUT2D eigenvalue weighted by Gasteiger charge is 2.42. The normalized spacial score (nSPS) is 16.0. The van der Waals surface area contributed by atoms with Crippen molar-refractivity contribution in [1.29, 1.82) is 0 Å². The number of hydrogen-bond donors (Lipinski definition) is 2. The molecule has 3 aromatic rings. The van der Waals surface area contributed by atoms with E-state index in [4.69, 9.17) is 0 Å². The Kier molecular flexibility index (Phi) is 3.33. The molecule has 2 aromatic carbocycles. The van der Waals surface area contributed by atoms with Crippen molar-refractivity contribution in [2.45, 2.75) is 31.2 Å². The number of rotatable bonds is 4. The maximum Gasteiger partial charge on any atom is 0.225 e. The lowest BCUT2D eigenvalue weighted by atomic mass is 9.76. The molecule has 0 aliphatic heterocycles. The van der Waals surface area contributed by atoms with Crippen molar-refractivity contribution in [2.24, 2.45) is 0 Å². The van der Waals surface area contributed by atoms with Crippen molar-refractivity contribution in [3.8, 4) is 0 Å². The fourth-order valence-electron chi connectivity index (χ4n) is 3.32. The van der Waals surface area contributed by atoms with Gasteiger partial charge in [-0.25, -0.2) is 4.98 Å². The molecule has 0 radical (unpaired) electrons. The topological polar surface area (TPSA) is 70.7 Å². The molecular formula is C18H18N4O. The number of carbonyl (C=O) groups is 1. The molecule has 5 nitrogen and oxygen atoms in total. The zero-order valence-electron chi connectivity index (χ0n) is 12.7. The highest BCUT2D eigenvalue weighted by Crippen LogP contribution is 2.39. The first-order valence-electron chi connectivity index (χ1n) is 7.90. The van der Waals surface area contributed by atoms with Crippen LogP contribution in [0.4, 0.5) is 0 Å². The number of aromatic amines is 1. The summed E-state index contributed by atoms with van der Waals surface area (Å²) < 4.78 is 0. The highest BCUT2D eigenvalue weighted by molar-refractivity contribution is 5.90. The van der Waals surface area contributed by atoms with E-state index in [0.29, 0.717) is 6.42 Å². The van der Waals surface area contributed by atoms with Gasteiger partial charge in [0.1, 0.15) is 12.2 Å². The molecule has 0 unspecified atom stereocenters. The minimum Gasteiger partial charge on any atom is -0.343 e. The van der Waals surface area contributed by atoms with Crippen LogP contribution in [0.2, 0.25) is 0 Å². The zero-order valence-corrected chi connectivity index (χ0v) is 12.7. The third-order valence-corrected chi connectivity index (χ3v) is 4.69. The second kappa shape index (κ2) is 5.50. The molecule has 0 saturated heterocycles. The van der Waals surface area contributed by atoms with Gasteiger partial charge in [0.25, 0.3) is 0 Å². The van der Waals surface area contributed by atoms with E-state index < -0.39 is 0 Å². The van der Waals surface area contributed by atoms with Crippen LogP contribution in [0.25, 0.3) is 10.8 Å². The summed E-state index contributed by atoms with van der Waals surface area (Å²) in [5.74, 6) is 0.785. The summed E-state index contributed by atoms with van der Waals surface area (Å²) in [6.07, 6.45) is 4.77. The molecule has 2 N–H and O–H groups in total. The van der Waals surface area contributed by atoms with Crippen LogP contribution in [0.3, 0.4) is 0 Å². The number of fused-ring (bicyclic) bond motifs is 1. The van der Waals surface area contributed by atoms with Gasteiger partial charge in [0.05, 0.1) is 12.0 Å². The Bertz CT molecular complexity index is 832. The van der Waals surface area contributed by atoms with Gasteiger partial charge < -0.3 is 5.32 Å². The van der Waals surface area contributed by atoms with Crippen LogP contribution < -0.4 is 5.32 Å². The summed E-state index contributed by atoms with van der Waals surface area (Å²) in [7, 11) is 0. The van der Waals surface area contributed by atoms with Gasteiger partial charge in [-0.2, -0.15) is 5.10 Å². The van der Waals surface area contributed by atoms with E-state index in [2.05, 4.69) is 38.7 Å². The van der Waals surface area contributed by atoms with Crippen LogP contribution in [0.1, 0.15) is 30.7 Å². The third kappa shape index (κ3) is 2.48. The van der Waals surface area contributed by atoms with E-state index in [9.17, 15) is 4.79 Å². The predicted molar refractivity (Wildman–Crippen MR) is 87.7 cm³/mol. The van der Waals surface area contributed by atoms with E-state index in [-0.39, 0.29) is 11.4 Å². The number of benzene rings is 2. The number of H-pyrrole nitrogens is 1. The van der Waals surface area contributed by atoms with Crippen molar-refractivity contribution in [3.05, 3.63) is 60.2 Å². The van der Waals surface area contributed by atoms with Gasteiger partial charge >= 0.3 is 0 Å². The average molecular weight is 306 g/mol. The first-order chi connectivity index (χ1) is 11.3. The lowest BCUT2D eigenvalue weighted by molar-refractivity contribution is -0.123. The summed E-state index contributed by atoms with van der Waals surface area (Å²) in [6, 6.07) is 14.2. The van der Waals surface area contributed by atoms with Crippen molar-refractivity contribution in [1.82, 2.24) is 20.5 Å². The van der Waals surface area contributed by atoms with Crippen molar-refractivity contribution in [2.75, 3.05) is 0 Å². The van der Waals surface area contributed by atoms with Crippen molar-refractivity contribution >= 4 is 16.7 Å². The third-order valence-electron chi connectivity index (χ3n) is 4.69.